The van der Waals surface area contributed by atoms with E-state index >= 15 is 0 Å². The van der Waals surface area contributed by atoms with Gasteiger partial charge in [0, 0.05) is 59.3 Å². The van der Waals surface area contributed by atoms with Crippen LogP contribution in [0.5, 0.6) is 0 Å². The number of benzene rings is 9. The fourth-order valence-corrected chi connectivity index (χ4v) is 10.3. The summed E-state index contributed by atoms with van der Waals surface area (Å²) in [6.07, 6.45) is 0. The normalized spacial score (nSPS) is 12.0. The number of para-hydroxylation sites is 2. The second kappa shape index (κ2) is 11.8. The highest BCUT2D eigenvalue weighted by Crippen LogP contribution is 2.54. The van der Waals surface area contributed by atoms with Crippen LogP contribution in [0.2, 0.25) is 0 Å². The predicted molar refractivity (Wildman–Crippen MR) is 236 cm³/mol. The molecule has 11 aromatic rings. The molecule has 0 saturated carbocycles. The Balaban J connectivity index is 1.05. The van der Waals surface area contributed by atoms with Crippen LogP contribution in [-0.4, -0.2) is 4.57 Å². The average molecular weight is 717 g/mol. The highest BCUT2D eigenvalue weighted by atomic mass is 32.1. The summed E-state index contributed by atoms with van der Waals surface area (Å²) in [5.41, 5.74) is 14.7. The Hall–Kier alpha value is -6.94. The van der Waals surface area contributed by atoms with Gasteiger partial charge in [0.2, 0.25) is 0 Å². The molecule has 0 aliphatic heterocycles. The summed E-state index contributed by atoms with van der Waals surface area (Å²) < 4.78 is 5.15. The van der Waals surface area contributed by atoms with Gasteiger partial charge in [0.1, 0.15) is 0 Å². The fraction of sp³-hybridized carbons (Fsp3) is 0. The van der Waals surface area contributed by atoms with Gasteiger partial charge in [-0.1, -0.05) is 127 Å². The van der Waals surface area contributed by atoms with Gasteiger partial charge in [-0.2, -0.15) is 0 Å². The number of nitrogens with zero attached hydrogens (tertiary/aromatic N) is 2. The number of aromatic nitrogens is 1. The summed E-state index contributed by atoms with van der Waals surface area (Å²) in [4.78, 5) is 2.30. The van der Waals surface area contributed by atoms with Crippen molar-refractivity contribution in [2.45, 2.75) is 0 Å². The summed E-state index contributed by atoms with van der Waals surface area (Å²) in [6.45, 7) is 0. The molecule has 9 aromatic carbocycles. The minimum Gasteiger partial charge on any atom is -0.311 e. The molecule has 0 saturated heterocycles. The summed E-state index contributed by atoms with van der Waals surface area (Å²) in [5, 5.41) is 7.99. The van der Waals surface area contributed by atoms with Crippen molar-refractivity contribution in [2.75, 3.05) is 4.90 Å². The third-order valence-corrected chi connectivity index (χ3v) is 12.6. The van der Waals surface area contributed by atoms with Gasteiger partial charge in [0.15, 0.2) is 0 Å². The van der Waals surface area contributed by atoms with Crippen molar-refractivity contribution >= 4 is 81.1 Å². The quantitative estimate of drug-likeness (QED) is 0.172. The van der Waals surface area contributed by atoms with E-state index in [4.69, 9.17) is 0 Å². The first kappa shape index (κ1) is 30.5. The molecule has 0 atom stereocenters. The van der Waals surface area contributed by atoms with Crippen molar-refractivity contribution in [3.8, 4) is 39.1 Å². The van der Waals surface area contributed by atoms with Crippen LogP contribution in [0.3, 0.4) is 0 Å². The zero-order chi connectivity index (χ0) is 36.0. The minimum absolute atomic E-state index is 1.13. The molecule has 2 aromatic heterocycles. The maximum absolute atomic E-state index is 2.51. The van der Waals surface area contributed by atoms with Crippen LogP contribution in [0.4, 0.5) is 17.1 Å². The lowest BCUT2D eigenvalue weighted by Gasteiger charge is -2.25. The third kappa shape index (κ3) is 4.48. The van der Waals surface area contributed by atoms with E-state index < -0.39 is 0 Å². The molecule has 3 heteroatoms. The van der Waals surface area contributed by atoms with Gasteiger partial charge in [-0.15, -0.1) is 11.3 Å². The van der Waals surface area contributed by atoms with Crippen LogP contribution in [0.1, 0.15) is 0 Å². The zero-order valence-corrected chi connectivity index (χ0v) is 30.6. The van der Waals surface area contributed by atoms with Crippen LogP contribution in [-0.2, 0) is 0 Å². The van der Waals surface area contributed by atoms with Crippen molar-refractivity contribution in [3.63, 3.8) is 0 Å². The molecular formula is C52H32N2S. The van der Waals surface area contributed by atoms with Crippen molar-refractivity contribution in [3.05, 3.63) is 194 Å². The Bertz CT molecular complexity index is 3240. The first-order valence-electron chi connectivity index (χ1n) is 18.9. The Morgan fingerprint density at radius 3 is 1.75 bits per heavy atom. The molecule has 0 fully saturated rings. The molecule has 0 bridgehead atoms. The third-order valence-electron chi connectivity index (χ3n) is 11.5. The van der Waals surface area contributed by atoms with Gasteiger partial charge in [-0.3, -0.25) is 0 Å². The lowest BCUT2D eigenvalue weighted by atomic mass is 9.91. The van der Waals surface area contributed by atoms with E-state index in [1.165, 1.54) is 86.1 Å². The van der Waals surface area contributed by atoms with Gasteiger partial charge in [0.05, 0.1) is 11.0 Å². The molecule has 2 nitrogen and oxygen atoms in total. The van der Waals surface area contributed by atoms with E-state index in [9.17, 15) is 0 Å². The van der Waals surface area contributed by atoms with Gasteiger partial charge in [-0.05, 0) is 105 Å². The van der Waals surface area contributed by atoms with Crippen molar-refractivity contribution in [1.82, 2.24) is 4.57 Å². The number of rotatable bonds is 5. The topological polar surface area (TPSA) is 8.17 Å². The molecule has 256 valence electrons. The molecular weight excluding hydrogens is 685 g/mol. The van der Waals surface area contributed by atoms with Gasteiger partial charge in [-0.25, -0.2) is 0 Å². The fourth-order valence-electron chi connectivity index (χ4n) is 9.16. The first-order chi connectivity index (χ1) is 27.3. The van der Waals surface area contributed by atoms with Crippen LogP contribution in [0.25, 0.3) is 91.8 Å². The van der Waals surface area contributed by atoms with Crippen molar-refractivity contribution < 1.29 is 0 Å². The molecule has 0 spiro atoms. The van der Waals surface area contributed by atoms with E-state index in [1.807, 2.05) is 11.3 Å². The zero-order valence-electron chi connectivity index (χ0n) is 29.8. The van der Waals surface area contributed by atoms with Crippen LogP contribution >= 0.6 is 11.3 Å². The highest BCUT2D eigenvalue weighted by Gasteiger charge is 2.28. The lowest BCUT2D eigenvalue weighted by Crippen LogP contribution is -2.09. The minimum atomic E-state index is 1.13. The molecule has 2 heterocycles. The monoisotopic (exact) mass is 716 g/mol. The standard InChI is InChI=1S/C52H32N2S/c1-3-13-36(14-4-1)53(37-15-5-2-6-16-37)38-27-22-33(23-28-38)34-24-29-39(30-25-34)54-44-31-26-35-12-11-20-41-40-17-7-8-18-42(40)50-49-43-19-9-10-21-46(43)55-47(49)32-45(54)52(50)51(44)48(35)41/h1-32H. The predicted octanol–water partition coefficient (Wildman–Crippen LogP) is 15.1. The number of hydrogen-bond acceptors (Lipinski definition) is 2. The van der Waals surface area contributed by atoms with Gasteiger partial charge < -0.3 is 9.47 Å². The molecule has 0 unspecified atom stereocenters. The highest BCUT2D eigenvalue weighted by molar-refractivity contribution is 7.26. The van der Waals surface area contributed by atoms with Crippen molar-refractivity contribution in [2.24, 2.45) is 0 Å². The largest absolute Gasteiger partial charge is 0.311 e. The van der Waals surface area contributed by atoms with E-state index in [2.05, 4.69) is 204 Å². The second-order valence-electron chi connectivity index (χ2n) is 14.5. The Morgan fingerprint density at radius 1 is 0.382 bits per heavy atom. The van der Waals surface area contributed by atoms with E-state index in [0.29, 0.717) is 0 Å². The Morgan fingerprint density at radius 2 is 1.00 bits per heavy atom. The first-order valence-corrected chi connectivity index (χ1v) is 19.7. The number of anilines is 3. The SMILES string of the molecule is c1ccc(N(c2ccccc2)c2ccc(-c3ccc(-n4c5cc6sc7ccccc7c6c6c5c5c7c(cccc7ccc54)-c4ccccc4-6)cc3)cc2)cc1. The maximum atomic E-state index is 2.51. The lowest BCUT2D eigenvalue weighted by molar-refractivity contribution is 1.18. The van der Waals surface area contributed by atoms with Crippen LogP contribution in [0.15, 0.2) is 194 Å². The molecule has 1 aliphatic rings. The maximum Gasteiger partial charge on any atom is 0.0562 e. The summed E-state index contributed by atoms with van der Waals surface area (Å²) >= 11 is 1.90. The average Bonchev–Trinajstić information content (AvgIpc) is 3.75. The molecule has 12 rings (SSSR count). The van der Waals surface area contributed by atoms with Crippen LogP contribution < -0.4 is 4.90 Å². The van der Waals surface area contributed by atoms with Gasteiger partial charge in [0.25, 0.3) is 0 Å². The number of hydrogen-bond donors (Lipinski definition) is 0. The summed E-state index contributed by atoms with van der Waals surface area (Å²) in [6, 6.07) is 71.1. The molecule has 55 heavy (non-hydrogen) atoms. The summed E-state index contributed by atoms with van der Waals surface area (Å²) in [7, 11) is 0. The molecule has 0 amide bonds. The second-order valence-corrected chi connectivity index (χ2v) is 15.5. The number of thiophene rings is 1. The van der Waals surface area contributed by atoms with E-state index in [1.54, 1.807) is 0 Å². The van der Waals surface area contributed by atoms with E-state index in [-0.39, 0.29) is 0 Å². The van der Waals surface area contributed by atoms with Crippen molar-refractivity contribution in [1.29, 1.82) is 0 Å². The Kier molecular flexibility index (Phi) is 6.54. The molecule has 0 N–H and O–H groups in total. The van der Waals surface area contributed by atoms with E-state index in [0.717, 1.165) is 22.7 Å². The number of fused-ring (bicyclic) bond motifs is 7. The summed E-state index contributed by atoms with van der Waals surface area (Å²) in [5.74, 6) is 0. The van der Waals surface area contributed by atoms with Gasteiger partial charge >= 0.3 is 0 Å². The van der Waals surface area contributed by atoms with Crippen LogP contribution in [0, 0.1) is 0 Å². The molecule has 0 radical (unpaired) electrons. The Labute approximate surface area is 322 Å². The molecule has 1 aliphatic carbocycles. The smallest absolute Gasteiger partial charge is 0.0562 e.